The van der Waals surface area contributed by atoms with Gasteiger partial charge in [0, 0.05) is 23.3 Å². The molecular weight excluding hydrogens is 222 g/mol. The zero-order valence-electron chi connectivity index (χ0n) is 8.94. The Morgan fingerprint density at radius 3 is 2.62 bits per heavy atom. The molecule has 0 atom stereocenters. The van der Waals surface area contributed by atoms with Gasteiger partial charge in [-0.1, -0.05) is 11.6 Å². The van der Waals surface area contributed by atoms with Crippen molar-refractivity contribution in [2.75, 3.05) is 11.9 Å². The summed E-state index contributed by atoms with van der Waals surface area (Å²) in [6, 6.07) is 9.34. The molecule has 82 valence electrons. The van der Waals surface area contributed by atoms with Crippen LogP contribution in [0, 0.1) is 0 Å². The summed E-state index contributed by atoms with van der Waals surface area (Å²) in [7, 11) is 0. The first-order valence-electron chi connectivity index (χ1n) is 5.12. The highest BCUT2D eigenvalue weighted by atomic mass is 35.5. The lowest BCUT2D eigenvalue weighted by atomic mass is 10.2. The normalized spacial score (nSPS) is 10.1. The molecule has 0 saturated carbocycles. The van der Waals surface area contributed by atoms with Crippen LogP contribution < -0.4 is 5.32 Å². The van der Waals surface area contributed by atoms with E-state index in [1.807, 2.05) is 37.3 Å². The first kappa shape index (κ1) is 10.9. The predicted octanol–water partition coefficient (Wildman–Crippen LogP) is 3.23. The minimum Gasteiger partial charge on any atom is -0.370 e. The first-order chi connectivity index (χ1) is 7.79. The van der Waals surface area contributed by atoms with Crippen LogP contribution >= 0.6 is 11.6 Å². The van der Waals surface area contributed by atoms with Gasteiger partial charge in [0.05, 0.1) is 0 Å². The lowest BCUT2D eigenvalue weighted by molar-refractivity contribution is 1.12. The highest BCUT2D eigenvalue weighted by molar-refractivity contribution is 6.30. The van der Waals surface area contributed by atoms with Crippen LogP contribution in [0.1, 0.15) is 6.92 Å². The van der Waals surface area contributed by atoms with Crippen molar-refractivity contribution in [3.05, 3.63) is 41.6 Å². The van der Waals surface area contributed by atoms with E-state index in [0.717, 1.165) is 17.9 Å². The van der Waals surface area contributed by atoms with Gasteiger partial charge in [0.15, 0.2) is 5.82 Å². The summed E-state index contributed by atoms with van der Waals surface area (Å²) in [5.74, 6) is 1.54. The summed E-state index contributed by atoms with van der Waals surface area (Å²) < 4.78 is 0. The first-order valence-corrected chi connectivity index (χ1v) is 5.50. The van der Waals surface area contributed by atoms with Crippen molar-refractivity contribution in [3.8, 4) is 11.4 Å². The van der Waals surface area contributed by atoms with Gasteiger partial charge in [-0.15, -0.1) is 0 Å². The van der Waals surface area contributed by atoms with E-state index in [0.29, 0.717) is 10.8 Å². The van der Waals surface area contributed by atoms with Crippen molar-refractivity contribution in [2.24, 2.45) is 0 Å². The van der Waals surface area contributed by atoms with Gasteiger partial charge in [0.1, 0.15) is 5.82 Å². The molecule has 0 saturated heterocycles. The Labute approximate surface area is 99.5 Å². The minimum atomic E-state index is 0.704. The fourth-order valence-corrected chi connectivity index (χ4v) is 1.50. The molecule has 0 spiro atoms. The predicted molar refractivity (Wildman–Crippen MR) is 66.6 cm³/mol. The van der Waals surface area contributed by atoms with Gasteiger partial charge in [-0.25, -0.2) is 9.97 Å². The van der Waals surface area contributed by atoms with Crippen LogP contribution in [0.5, 0.6) is 0 Å². The molecule has 0 aliphatic heterocycles. The molecule has 0 aliphatic carbocycles. The van der Waals surface area contributed by atoms with E-state index in [2.05, 4.69) is 15.3 Å². The van der Waals surface area contributed by atoms with E-state index in [9.17, 15) is 0 Å². The summed E-state index contributed by atoms with van der Waals surface area (Å²) in [6.45, 7) is 2.88. The monoisotopic (exact) mass is 233 g/mol. The zero-order valence-corrected chi connectivity index (χ0v) is 9.70. The third kappa shape index (κ3) is 2.49. The molecule has 16 heavy (non-hydrogen) atoms. The fraction of sp³-hybridized carbons (Fsp3) is 0.167. The van der Waals surface area contributed by atoms with Crippen LogP contribution in [0.25, 0.3) is 11.4 Å². The van der Waals surface area contributed by atoms with Gasteiger partial charge in [0.25, 0.3) is 0 Å². The second-order valence-corrected chi connectivity index (χ2v) is 3.74. The number of aromatic nitrogens is 2. The third-order valence-corrected chi connectivity index (χ3v) is 2.37. The highest BCUT2D eigenvalue weighted by Crippen LogP contribution is 2.18. The summed E-state index contributed by atoms with van der Waals surface area (Å²) in [6.07, 6.45) is 1.74. The van der Waals surface area contributed by atoms with Crippen LogP contribution in [0.4, 0.5) is 5.82 Å². The van der Waals surface area contributed by atoms with E-state index in [-0.39, 0.29) is 0 Å². The quantitative estimate of drug-likeness (QED) is 0.885. The van der Waals surface area contributed by atoms with Crippen LogP contribution in [-0.4, -0.2) is 16.5 Å². The number of benzene rings is 1. The maximum absolute atomic E-state index is 5.83. The largest absolute Gasteiger partial charge is 0.370 e. The van der Waals surface area contributed by atoms with Crippen molar-refractivity contribution in [3.63, 3.8) is 0 Å². The Balaban J connectivity index is 2.32. The summed E-state index contributed by atoms with van der Waals surface area (Å²) in [5, 5.41) is 3.87. The van der Waals surface area contributed by atoms with Crippen LogP contribution in [0.2, 0.25) is 5.02 Å². The maximum Gasteiger partial charge on any atom is 0.161 e. The Hall–Kier alpha value is -1.61. The van der Waals surface area contributed by atoms with Crippen LogP contribution in [0.3, 0.4) is 0 Å². The van der Waals surface area contributed by atoms with Gasteiger partial charge in [0.2, 0.25) is 0 Å². The van der Waals surface area contributed by atoms with E-state index in [1.54, 1.807) is 6.20 Å². The molecule has 0 fully saturated rings. The van der Waals surface area contributed by atoms with Crippen molar-refractivity contribution >= 4 is 17.4 Å². The van der Waals surface area contributed by atoms with E-state index in [1.165, 1.54) is 0 Å². The second kappa shape index (κ2) is 4.94. The SMILES string of the molecule is CCNc1ccnc(-c2ccc(Cl)cc2)n1. The van der Waals surface area contributed by atoms with E-state index >= 15 is 0 Å². The second-order valence-electron chi connectivity index (χ2n) is 3.30. The zero-order chi connectivity index (χ0) is 11.4. The van der Waals surface area contributed by atoms with Crippen LogP contribution in [-0.2, 0) is 0 Å². The molecule has 1 aromatic heterocycles. The number of nitrogens with one attached hydrogen (secondary N) is 1. The number of nitrogens with zero attached hydrogens (tertiary/aromatic N) is 2. The van der Waals surface area contributed by atoms with Crippen molar-refractivity contribution in [1.29, 1.82) is 0 Å². The lowest BCUT2D eigenvalue weighted by Crippen LogP contribution is -2.00. The fourth-order valence-electron chi connectivity index (χ4n) is 1.38. The Bertz CT molecular complexity index is 468. The molecule has 0 bridgehead atoms. The standard InChI is InChI=1S/C12H12ClN3/c1-2-14-11-7-8-15-12(16-11)9-3-5-10(13)6-4-9/h3-8H,2H2,1H3,(H,14,15,16). The van der Waals surface area contributed by atoms with Gasteiger partial charge in [-0.05, 0) is 37.3 Å². The van der Waals surface area contributed by atoms with Crippen molar-refractivity contribution < 1.29 is 0 Å². The van der Waals surface area contributed by atoms with Gasteiger partial charge in [-0.2, -0.15) is 0 Å². The third-order valence-electron chi connectivity index (χ3n) is 2.12. The Kier molecular flexibility index (Phi) is 3.37. The molecule has 1 heterocycles. The number of anilines is 1. The molecule has 2 rings (SSSR count). The Morgan fingerprint density at radius 2 is 1.94 bits per heavy atom. The van der Waals surface area contributed by atoms with Gasteiger partial charge < -0.3 is 5.32 Å². The smallest absolute Gasteiger partial charge is 0.161 e. The van der Waals surface area contributed by atoms with Gasteiger partial charge in [-0.3, -0.25) is 0 Å². The molecule has 2 aromatic rings. The molecule has 3 nitrogen and oxygen atoms in total. The number of hydrogen-bond acceptors (Lipinski definition) is 3. The maximum atomic E-state index is 5.83. The number of halogens is 1. The van der Waals surface area contributed by atoms with Crippen LogP contribution in [0.15, 0.2) is 36.5 Å². The molecule has 1 aromatic carbocycles. The van der Waals surface area contributed by atoms with E-state index < -0.39 is 0 Å². The molecule has 1 N–H and O–H groups in total. The van der Waals surface area contributed by atoms with Crippen molar-refractivity contribution in [1.82, 2.24) is 9.97 Å². The topological polar surface area (TPSA) is 37.8 Å². The molecule has 0 amide bonds. The average Bonchev–Trinajstić information content (AvgIpc) is 2.31. The van der Waals surface area contributed by atoms with Crippen molar-refractivity contribution in [2.45, 2.75) is 6.92 Å². The summed E-state index contributed by atoms with van der Waals surface area (Å²) in [4.78, 5) is 8.62. The highest BCUT2D eigenvalue weighted by Gasteiger charge is 2.01. The summed E-state index contributed by atoms with van der Waals surface area (Å²) >= 11 is 5.83. The Morgan fingerprint density at radius 1 is 1.19 bits per heavy atom. The number of rotatable bonds is 3. The number of hydrogen-bond donors (Lipinski definition) is 1. The molecule has 4 heteroatoms. The minimum absolute atomic E-state index is 0.704. The summed E-state index contributed by atoms with van der Waals surface area (Å²) in [5.41, 5.74) is 0.962. The van der Waals surface area contributed by atoms with Gasteiger partial charge >= 0.3 is 0 Å². The average molecular weight is 234 g/mol. The van der Waals surface area contributed by atoms with E-state index in [4.69, 9.17) is 11.6 Å². The molecule has 0 radical (unpaired) electrons. The molecule has 0 aliphatic rings. The molecular formula is C12H12ClN3. The lowest BCUT2D eigenvalue weighted by Gasteiger charge is -2.04. The molecule has 0 unspecified atom stereocenters.